The van der Waals surface area contributed by atoms with Crippen molar-refractivity contribution in [2.75, 3.05) is 5.32 Å². The van der Waals surface area contributed by atoms with Gasteiger partial charge in [-0.25, -0.2) is 0 Å². The number of benzene rings is 1. The lowest BCUT2D eigenvalue weighted by Crippen LogP contribution is -2.17. The molecule has 5 heteroatoms. The summed E-state index contributed by atoms with van der Waals surface area (Å²) in [5, 5.41) is 11.0. The monoisotopic (exact) mass is 336 g/mol. The number of H-pyrrole nitrogens is 1. The van der Waals surface area contributed by atoms with Crippen LogP contribution in [-0.2, 0) is 0 Å². The van der Waals surface area contributed by atoms with Gasteiger partial charge in [-0.05, 0) is 51.0 Å². The Balaban J connectivity index is 1.59. The van der Waals surface area contributed by atoms with Gasteiger partial charge < -0.3 is 9.88 Å². The van der Waals surface area contributed by atoms with Gasteiger partial charge in [0.2, 0.25) is 0 Å². The highest BCUT2D eigenvalue weighted by Gasteiger charge is 2.22. The van der Waals surface area contributed by atoms with Gasteiger partial charge in [-0.2, -0.15) is 5.10 Å². The molecule has 0 aliphatic heterocycles. The van der Waals surface area contributed by atoms with E-state index in [4.69, 9.17) is 0 Å². The van der Waals surface area contributed by atoms with Crippen LogP contribution in [0.5, 0.6) is 0 Å². The van der Waals surface area contributed by atoms with E-state index in [-0.39, 0.29) is 5.91 Å². The lowest BCUT2D eigenvalue weighted by molar-refractivity contribution is 0.102. The number of fused-ring (bicyclic) bond motifs is 1. The first-order valence-electron chi connectivity index (χ1n) is 9.06. The third-order valence-corrected chi connectivity index (χ3v) is 5.37. The second kappa shape index (κ2) is 6.39. The number of hydrogen-bond acceptors (Lipinski definition) is 2. The predicted molar refractivity (Wildman–Crippen MR) is 100 cm³/mol. The van der Waals surface area contributed by atoms with Gasteiger partial charge in [-0.1, -0.05) is 19.3 Å². The van der Waals surface area contributed by atoms with Crippen LogP contribution in [0.2, 0.25) is 0 Å². The van der Waals surface area contributed by atoms with E-state index in [1.807, 2.05) is 24.3 Å². The number of aryl methyl sites for hydroxylation is 1. The maximum atomic E-state index is 12.8. The normalized spacial score (nSPS) is 15.6. The van der Waals surface area contributed by atoms with Crippen LogP contribution >= 0.6 is 0 Å². The van der Waals surface area contributed by atoms with Crippen molar-refractivity contribution in [2.24, 2.45) is 0 Å². The highest BCUT2D eigenvalue weighted by Crippen LogP contribution is 2.32. The standard InChI is InChI=1S/C20H24N4O/c1-13-10-18(14(2)24(13)17-6-4-3-5-7-17)20(25)22-16-8-9-19-15(11-16)12-21-23-19/h8-12,17H,3-7H2,1-2H3,(H,21,23)(H,22,25). The minimum atomic E-state index is -0.0435. The summed E-state index contributed by atoms with van der Waals surface area (Å²) in [4.78, 5) is 12.8. The van der Waals surface area contributed by atoms with Crippen molar-refractivity contribution < 1.29 is 4.79 Å². The number of aromatic amines is 1. The zero-order valence-corrected chi connectivity index (χ0v) is 14.8. The lowest BCUT2D eigenvalue weighted by atomic mass is 9.95. The zero-order chi connectivity index (χ0) is 17.4. The number of amides is 1. The first-order valence-corrected chi connectivity index (χ1v) is 9.06. The van der Waals surface area contributed by atoms with Gasteiger partial charge >= 0.3 is 0 Å². The molecule has 0 atom stereocenters. The van der Waals surface area contributed by atoms with Crippen LogP contribution < -0.4 is 5.32 Å². The first kappa shape index (κ1) is 15.9. The summed E-state index contributed by atoms with van der Waals surface area (Å²) in [6.45, 7) is 4.17. The number of nitrogens with zero attached hydrogens (tertiary/aromatic N) is 2. The Hall–Kier alpha value is -2.56. The van der Waals surface area contributed by atoms with Crippen molar-refractivity contribution in [1.29, 1.82) is 0 Å². The Morgan fingerprint density at radius 2 is 2.00 bits per heavy atom. The predicted octanol–water partition coefficient (Wildman–Crippen LogP) is 4.74. The molecule has 5 nitrogen and oxygen atoms in total. The van der Waals surface area contributed by atoms with E-state index in [2.05, 4.69) is 33.9 Å². The van der Waals surface area contributed by atoms with E-state index in [1.54, 1.807) is 6.20 Å². The molecule has 1 aromatic carbocycles. The molecule has 3 aromatic rings. The number of aromatic nitrogens is 3. The summed E-state index contributed by atoms with van der Waals surface area (Å²) in [5.41, 5.74) is 4.79. The quantitative estimate of drug-likeness (QED) is 0.726. The Labute approximate surface area is 147 Å². The Bertz CT molecular complexity index is 915. The number of anilines is 1. The molecule has 4 rings (SSSR count). The number of rotatable bonds is 3. The molecule has 1 fully saturated rings. The van der Waals surface area contributed by atoms with E-state index in [0.29, 0.717) is 6.04 Å². The minimum Gasteiger partial charge on any atom is -0.345 e. The summed E-state index contributed by atoms with van der Waals surface area (Å²) < 4.78 is 2.37. The van der Waals surface area contributed by atoms with Gasteiger partial charge in [0.25, 0.3) is 5.91 Å². The third-order valence-electron chi connectivity index (χ3n) is 5.37. The molecule has 1 aliphatic carbocycles. The highest BCUT2D eigenvalue weighted by atomic mass is 16.1. The maximum absolute atomic E-state index is 12.8. The molecule has 0 bridgehead atoms. The van der Waals surface area contributed by atoms with E-state index < -0.39 is 0 Å². The van der Waals surface area contributed by atoms with E-state index in [9.17, 15) is 4.79 Å². The van der Waals surface area contributed by atoms with E-state index in [0.717, 1.165) is 27.8 Å². The molecule has 25 heavy (non-hydrogen) atoms. The summed E-state index contributed by atoms with van der Waals surface area (Å²) in [5.74, 6) is -0.0435. The Kier molecular flexibility index (Phi) is 4.07. The molecule has 2 aromatic heterocycles. The van der Waals surface area contributed by atoms with Crippen molar-refractivity contribution in [1.82, 2.24) is 14.8 Å². The van der Waals surface area contributed by atoms with E-state index >= 15 is 0 Å². The van der Waals surface area contributed by atoms with Crippen LogP contribution in [0.15, 0.2) is 30.5 Å². The van der Waals surface area contributed by atoms with Crippen LogP contribution in [0.3, 0.4) is 0 Å². The third kappa shape index (κ3) is 2.95. The smallest absolute Gasteiger partial charge is 0.257 e. The maximum Gasteiger partial charge on any atom is 0.257 e. The molecule has 130 valence electrons. The molecule has 1 saturated carbocycles. The average Bonchev–Trinajstić information content (AvgIpc) is 3.19. The molecule has 0 saturated heterocycles. The number of nitrogens with one attached hydrogen (secondary N) is 2. The largest absolute Gasteiger partial charge is 0.345 e. The lowest BCUT2D eigenvalue weighted by Gasteiger charge is -2.26. The van der Waals surface area contributed by atoms with Gasteiger partial charge in [-0.15, -0.1) is 0 Å². The molecule has 0 spiro atoms. The summed E-state index contributed by atoms with van der Waals surface area (Å²) in [7, 11) is 0. The highest BCUT2D eigenvalue weighted by molar-refractivity contribution is 6.06. The topological polar surface area (TPSA) is 62.7 Å². The van der Waals surface area contributed by atoms with Gasteiger partial charge in [0.15, 0.2) is 0 Å². The fourth-order valence-electron chi connectivity index (χ4n) is 4.13. The van der Waals surface area contributed by atoms with Gasteiger partial charge in [-0.3, -0.25) is 9.89 Å². The summed E-state index contributed by atoms with van der Waals surface area (Å²) in [6.07, 6.45) is 8.10. The van der Waals surface area contributed by atoms with Crippen molar-refractivity contribution >= 4 is 22.5 Å². The van der Waals surface area contributed by atoms with Crippen LogP contribution in [0.25, 0.3) is 10.9 Å². The fraction of sp³-hybridized carbons (Fsp3) is 0.400. The molecule has 1 amide bonds. The molecule has 0 unspecified atom stereocenters. The first-order chi connectivity index (χ1) is 12.1. The minimum absolute atomic E-state index is 0.0435. The van der Waals surface area contributed by atoms with E-state index in [1.165, 1.54) is 37.8 Å². The van der Waals surface area contributed by atoms with Crippen molar-refractivity contribution in [3.05, 3.63) is 47.4 Å². The van der Waals surface area contributed by atoms with Crippen LogP contribution in [0, 0.1) is 13.8 Å². The second-order valence-electron chi connectivity index (χ2n) is 7.07. The summed E-state index contributed by atoms with van der Waals surface area (Å²) >= 11 is 0. The van der Waals surface area contributed by atoms with Gasteiger partial charge in [0, 0.05) is 28.5 Å². The molecule has 2 heterocycles. The van der Waals surface area contributed by atoms with Gasteiger partial charge in [0.05, 0.1) is 17.3 Å². The molecule has 0 radical (unpaired) electrons. The van der Waals surface area contributed by atoms with Crippen molar-refractivity contribution in [2.45, 2.75) is 52.0 Å². The SMILES string of the molecule is Cc1cc(C(=O)Nc2ccc3[nH]ncc3c2)c(C)n1C1CCCCC1. The molecule has 2 N–H and O–H groups in total. The second-order valence-corrected chi connectivity index (χ2v) is 7.07. The van der Waals surface area contributed by atoms with Crippen LogP contribution in [0.1, 0.15) is 59.9 Å². The number of carbonyl (C=O) groups is 1. The van der Waals surface area contributed by atoms with Gasteiger partial charge in [0.1, 0.15) is 0 Å². The Morgan fingerprint density at radius 1 is 1.20 bits per heavy atom. The molecule has 1 aliphatic rings. The molecular formula is C20H24N4O. The van der Waals surface area contributed by atoms with Crippen molar-refractivity contribution in [3.8, 4) is 0 Å². The molecular weight excluding hydrogens is 312 g/mol. The summed E-state index contributed by atoms with van der Waals surface area (Å²) in [6, 6.07) is 8.34. The number of hydrogen-bond donors (Lipinski definition) is 2. The van der Waals surface area contributed by atoms with Crippen molar-refractivity contribution in [3.63, 3.8) is 0 Å². The average molecular weight is 336 g/mol. The fourth-order valence-corrected chi connectivity index (χ4v) is 4.13. The Morgan fingerprint density at radius 3 is 2.80 bits per heavy atom. The van der Waals surface area contributed by atoms with Crippen LogP contribution in [0.4, 0.5) is 5.69 Å². The van der Waals surface area contributed by atoms with Crippen LogP contribution in [-0.4, -0.2) is 20.7 Å². The zero-order valence-electron chi connectivity index (χ0n) is 14.8. The number of carbonyl (C=O) groups excluding carboxylic acids is 1.